The zero-order valence-electron chi connectivity index (χ0n) is 8.57. The van der Waals surface area contributed by atoms with Crippen molar-refractivity contribution in [2.75, 3.05) is 17.6 Å². The van der Waals surface area contributed by atoms with Gasteiger partial charge >= 0.3 is 11.2 Å². The molecule has 0 saturated carbocycles. The third-order valence-corrected chi connectivity index (χ3v) is 2.63. The molecule has 1 N–H and O–H groups in total. The molecule has 0 aliphatic rings. The zero-order valence-corrected chi connectivity index (χ0v) is 10.1. The Bertz CT molecular complexity index is 445. The van der Waals surface area contributed by atoms with Crippen molar-refractivity contribution >= 4 is 34.9 Å². The van der Waals surface area contributed by atoms with Crippen molar-refractivity contribution in [2.24, 2.45) is 0 Å². The maximum Gasteiger partial charge on any atom is 0.441 e. The Balaban J connectivity index is 2.63. The van der Waals surface area contributed by atoms with Gasteiger partial charge in [0.1, 0.15) is 6.33 Å². The summed E-state index contributed by atoms with van der Waals surface area (Å²) in [4.78, 5) is 16.8. The second kappa shape index (κ2) is 6.05. The number of nitrogens with one attached hydrogen (secondary N) is 1. The largest absolute Gasteiger partial charge is 0.441 e. The molecule has 0 aliphatic heterocycles. The van der Waals surface area contributed by atoms with Crippen LogP contribution in [0.25, 0.3) is 0 Å². The van der Waals surface area contributed by atoms with Crippen LogP contribution in [0.5, 0.6) is 0 Å². The molecule has 0 bridgehead atoms. The summed E-state index contributed by atoms with van der Waals surface area (Å²) in [6, 6.07) is 0. The number of rotatable bonds is 5. The molecule has 0 unspecified atom stereocenters. The van der Waals surface area contributed by atoms with Crippen LogP contribution in [-0.2, 0) is 0 Å². The van der Waals surface area contributed by atoms with E-state index in [-0.39, 0.29) is 35.0 Å². The van der Waals surface area contributed by atoms with E-state index in [9.17, 15) is 23.3 Å². The molecule has 100 valence electrons. The van der Waals surface area contributed by atoms with E-state index in [1.807, 2.05) is 0 Å². The molecule has 0 radical (unpaired) electrons. The van der Waals surface area contributed by atoms with Crippen molar-refractivity contribution in [1.29, 1.82) is 0 Å². The monoisotopic (exact) mass is 302 g/mol. The zero-order chi connectivity index (χ0) is 13.8. The Kier molecular flexibility index (Phi) is 4.96. The average Bonchev–Trinajstić information content (AvgIpc) is 2.22. The number of hydrogen-bond donors (Lipinski definition) is 1. The molecule has 1 heterocycles. The van der Waals surface area contributed by atoms with Crippen molar-refractivity contribution in [1.82, 2.24) is 9.97 Å². The van der Waals surface area contributed by atoms with Crippen LogP contribution in [0.3, 0.4) is 0 Å². The standard InChI is InChI=1S/C7H6ClF3N4O2S/c8-5-4(15(16)17)6(14-3-13-5)12-1-2-18-7(9,10)11/h3H,1-2H2,(H,12,13,14). The molecule has 18 heavy (non-hydrogen) atoms. The summed E-state index contributed by atoms with van der Waals surface area (Å²) in [5.74, 6) is -0.509. The molecule has 0 amide bonds. The predicted octanol–water partition coefficient (Wildman–Crippen LogP) is 2.70. The van der Waals surface area contributed by atoms with Crippen LogP contribution in [0.1, 0.15) is 0 Å². The molecule has 0 atom stereocenters. The molecule has 6 nitrogen and oxygen atoms in total. The highest BCUT2D eigenvalue weighted by atomic mass is 35.5. The van der Waals surface area contributed by atoms with Gasteiger partial charge in [-0.3, -0.25) is 10.1 Å². The van der Waals surface area contributed by atoms with E-state index >= 15 is 0 Å². The maximum atomic E-state index is 11.8. The maximum absolute atomic E-state index is 11.8. The lowest BCUT2D eigenvalue weighted by Crippen LogP contribution is -2.12. The van der Waals surface area contributed by atoms with E-state index in [1.165, 1.54) is 0 Å². The van der Waals surface area contributed by atoms with Gasteiger partial charge in [0.15, 0.2) is 0 Å². The Morgan fingerprint density at radius 2 is 2.17 bits per heavy atom. The van der Waals surface area contributed by atoms with Crippen LogP contribution >= 0.6 is 23.4 Å². The molecule has 0 fully saturated rings. The first kappa shape index (κ1) is 14.8. The number of nitrogens with zero attached hydrogens (tertiary/aromatic N) is 3. The molecule has 0 spiro atoms. The van der Waals surface area contributed by atoms with Crippen molar-refractivity contribution < 1.29 is 18.1 Å². The van der Waals surface area contributed by atoms with Crippen molar-refractivity contribution in [3.63, 3.8) is 0 Å². The molecular weight excluding hydrogens is 297 g/mol. The molecular formula is C7H6ClF3N4O2S. The Hall–Kier alpha value is -1.29. The van der Waals surface area contributed by atoms with E-state index in [2.05, 4.69) is 15.3 Å². The molecule has 1 aromatic rings. The Morgan fingerprint density at radius 1 is 1.50 bits per heavy atom. The number of halogens is 4. The van der Waals surface area contributed by atoms with Gasteiger partial charge < -0.3 is 5.32 Å². The molecule has 1 rings (SSSR count). The summed E-state index contributed by atoms with van der Waals surface area (Å²) < 4.78 is 35.5. The van der Waals surface area contributed by atoms with Gasteiger partial charge in [-0.25, -0.2) is 9.97 Å². The highest BCUT2D eigenvalue weighted by Crippen LogP contribution is 2.31. The Morgan fingerprint density at radius 3 is 2.72 bits per heavy atom. The normalized spacial score (nSPS) is 11.3. The van der Waals surface area contributed by atoms with Gasteiger partial charge in [-0.2, -0.15) is 13.2 Å². The lowest BCUT2D eigenvalue weighted by Gasteiger charge is -2.07. The molecule has 0 aliphatic carbocycles. The minimum absolute atomic E-state index is 0.141. The fourth-order valence-electron chi connectivity index (χ4n) is 0.985. The van der Waals surface area contributed by atoms with Crippen LogP contribution in [0.4, 0.5) is 24.7 Å². The Labute approximate surface area is 108 Å². The molecule has 11 heteroatoms. The number of thioether (sulfide) groups is 1. The van der Waals surface area contributed by atoms with Crippen molar-refractivity contribution in [2.45, 2.75) is 5.51 Å². The fourth-order valence-corrected chi connectivity index (χ4v) is 1.62. The van der Waals surface area contributed by atoms with E-state index < -0.39 is 16.1 Å². The first-order valence-electron chi connectivity index (χ1n) is 4.40. The van der Waals surface area contributed by atoms with Gasteiger partial charge in [0.2, 0.25) is 11.0 Å². The van der Waals surface area contributed by atoms with Gasteiger partial charge in [0, 0.05) is 12.3 Å². The third kappa shape index (κ3) is 4.53. The summed E-state index contributed by atoms with van der Waals surface area (Å²) in [6.45, 7) is -0.141. The number of hydrogen-bond acceptors (Lipinski definition) is 6. The van der Waals surface area contributed by atoms with Gasteiger partial charge in [-0.1, -0.05) is 11.6 Å². The van der Waals surface area contributed by atoms with Crippen LogP contribution in [0.15, 0.2) is 6.33 Å². The topological polar surface area (TPSA) is 81.0 Å². The second-order valence-electron chi connectivity index (χ2n) is 2.84. The number of alkyl halides is 3. The summed E-state index contributed by atoms with van der Waals surface area (Å²) in [5.41, 5.74) is -4.90. The SMILES string of the molecule is O=[N+]([O-])c1c(Cl)ncnc1NCCSC(F)(F)F. The highest BCUT2D eigenvalue weighted by molar-refractivity contribution is 8.00. The highest BCUT2D eigenvalue weighted by Gasteiger charge is 2.27. The summed E-state index contributed by atoms with van der Waals surface area (Å²) >= 11 is 5.25. The molecule has 1 aromatic heterocycles. The van der Waals surface area contributed by atoms with Crippen molar-refractivity contribution in [3.05, 3.63) is 21.6 Å². The van der Waals surface area contributed by atoms with E-state index in [4.69, 9.17) is 11.6 Å². The first-order valence-corrected chi connectivity index (χ1v) is 5.77. The minimum atomic E-state index is -4.34. The fraction of sp³-hybridized carbons (Fsp3) is 0.429. The van der Waals surface area contributed by atoms with Crippen molar-refractivity contribution in [3.8, 4) is 0 Å². The van der Waals surface area contributed by atoms with Gasteiger partial charge in [-0.05, 0) is 11.8 Å². The van der Waals surface area contributed by atoms with Crippen LogP contribution in [-0.4, -0.2) is 32.7 Å². The van der Waals surface area contributed by atoms with E-state index in [0.717, 1.165) is 6.33 Å². The molecule has 0 aromatic carbocycles. The van der Waals surface area contributed by atoms with Gasteiger partial charge in [0.25, 0.3) is 0 Å². The van der Waals surface area contributed by atoms with E-state index in [0.29, 0.717) is 0 Å². The summed E-state index contributed by atoms with van der Waals surface area (Å²) in [6.07, 6.45) is 0.981. The number of anilines is 1. The smallest absolute Gasteiger partial charge is 0.363 e. The minimum Gasteiger partial charge on any atom is -0.363 e. The average molecular weight is 303 g/mol. The van der Waals surface area contributed by atoms with Gasteiger partial charge in [-0.15, -0.1) is 0 Å². The van der Waals surface area contributed by atoms with Crippen LogP contribution in [0.2, 0.25) is 5.15 Å². The van der Waals surface area contributed by atoms with Gasteiger partial charge in [0.05, 0.1) is 4.92 Å². The predicted molar refractivity (Wildman–Crippen MR) is 60.7 cm³/mol. The first-order chi connectivity index (χ1) is 8.31. The van der Waals surface area contributed by atoms with E-state index in [1.54, 1.807) is 0 Å². The molecule has 0 saturated heterocycles. The second-order valence-corrected chi connectivity index (χ2v) is 4.36. The quantitative estimate of drug-likeness (QED) is 0.390. The number of aromatic nitrogens is 2. The lowest BCUT2D eigenvalue weighted by molar-refractivity contribution is -0.384. The van der Waals surface area contributed by atoms with Crippen LogP contribution in [0, 0.1) is 10.1 Å². The third-order valence-electron chi connectivity index (χ3n) is 1.62. The lowest BCUT2D eigenvalue weighted by atomic mass is 10.5. The number of nitro groups is 1. The summed E-state index contributed by atoms with van der Waals surface area (Å²) in [5, 5.41) is 12.7. The summed E-state index contributed by atoms with van der Waals surface area (Å²) in [7, 11) is 0. The van der Waals surface area contributed by atoms with Crippen LogP contribution < -0.4 is 5.32 Å².